The van der Waals surface area contributed by atoms with Crippen molar-refractivity contribution in [1.29, 1.82) is 0 Å². The third-order valence-corrected chi connectivity index (χ3v) is 5.25. The number of halogens is 2. The van der Waals surface area contributed by atoms with Gasteiger partial charge in [-0.1, -0.05) is 35.3 Å². The Morgan fingerprint density at radius 2 is 1.71 bits per heavy atom. The van der Waals surface area contributed by atoms with E-state index in [1.807, 2.05) is 31.2 Å². The molecule has 5 nitrogen and oxygen atoms in total. The summed E-state index contributed by atoms with van der Waals surface area (Å²) in [5.74, 6) is -0.248. The van der Waals surface area contributed by atoms with E-state index in [0.29, 0.717) is 21.4 Å². The number of hydrogen-bond donors (Lipinski definition) is 1. The number of aryl methyl sites for hydroxylation is 1. The largest absolute Gasteiger partial charge is 0.370 e. The molecule has 0 bridgehead atoms. The minimum Gasteiger partial charge on any atom is -0.370 e. The highest BCUT2D eigenvalue weighted by Gasteiger charge is 2.19. The Hall–Kier alpha value is -2.50. The maximum absolute atomic E-state index is 12.9. The van der Waals surface area contributed by atoms with Crippen LogP contribution in [0, 0.1) is 6.92 Å². The van der Waals surface area contributed by atoms with Gasteiger partial charge in [-0.2, -0.15) is 5.10 Å². The van der Waals surface area contributed by atoms with Gasteiger partial charge in [0.2, 0.25) is 0 Å². The summed E-state index contributed by atoms with van der Waals surface area (Å²) < 4.78 is 1.67. The minimum absolute atomic E-state index is 0.248. The van der Waals surface area contributed by atoms with Crippen LogP contribution in [0.3, 0.4) is 0 Å². The molecule has 144 valence electrons. The molecule has 0 atom stereocenters. The van der Waals surface area contributed by atoms with E-state index in [0.717, 1.165) is 30.2 Å². The number of para-hydroxylation sites is 2. The first-order valence-corrected chi connectivity index (χ1v) is 9.95. The molecule has 2 heterocycles. The van der Waals surface area contributed by atoms with Gasteiger partial charge in [0, 0.05) is 28.8 Å². The maximum atomic E-state index is 12.9. The highest BCUT2D eigenvalue weighted by molar-refractivity contribution is 6.34. The van der Waals surface area contributed by atoms with E-state index in [1.165, 1.54) is 12.8 Å². The van der Waals surface area contributed by atoms with Crippen molar-refractivity contribution in [1.82, 2.24) is 9.78 Å². The molecule has 0 saturated carbocycles. The molecule has 1 aromatic heterocycles. The van der Waals surface area contributed by atoms with Gasteiger partial charge in [0.05, 0.1) is 17.1 Å². The van der Waals surface area contributed by atoms with E-state index < -0.39 is 0 Å². The molecule has 0 radical (unpaired) electrons. The number of carbonyl (C=O) groups excluding carboxylic acids is 1. The standard InChI is InChI=1S/C21H20Cl2N4O/c1-14-10-19(25-27(14)17-12-15(22)11-16(23)13-17)21(28)24-18-6-2-3-7-20(18)26-8-4-5-9-26/h2-3,6-7,10-13H,4-5,8-9H2,1H3,(H,24,28). The third kappa shape index (κ3) is 3.86. The number of anilines is 2. The Morgan fingerprint density at radius 1 is 1.04 bits per heavy atom. The molecular formula is C21H20Cl2N4O. The first-order chi connectivity index (χ1) is 13.5. The first kappa shape index (κ1) is 18.8. The molecular weight excluding hydrogens is 395 g/mol. The fraction of sp³-hybridized carbons (Fsp3) is 0.238. The predicted molar refractivity (Wildman–Crippen MR) is 114 cm³/mol. The lowest BCUT2D eigenvalue weighted by molar-refractivity contribution is 0.102. The molecule has 0 spiro atoms. The van der Waals surface area contributed by atoms with Gasteiger partial charge in [-0.15, -0.1) is 0 Å². The van der Waals surface area contributed by atoms with E-state index in [1.54, 1.807) is 28.9 Å². The summed E-state index contributed by atoms with van der Waals surface area (Å²) in [6.45, 7) is 3.91. The summed E-state index contributed by atoms with van der Waals surface area (Å²) in [4.78, 5) is 15.2. The van der Waals surface area contributed by atoms with Gasteiger partial charge in [-0.25, -0.2) is 4.68 Å². The maximum Gasteiger partial charge on any atom is 0.276 e. The summed E-state index contributed by atoms with van der Waals surface area (Å²) in [5.41, 5.74) is 3.71. The van der Waals surface area contributed by atoms with Crippen LogP contribution in [-0.2, 0) is 0 Å². The van der Waals surface area contributed by atoms with Gasteiger partial charge in [0.25, 0.3) is 5.91 Å². The lowest BCUT2D eigenvalue weighted by Gasteiger charge is -2.21. The van der Waals surface area contributed by atoms with Gasteiger partial charge in [0.1, 0.15) is 0 Å². The topological polar surface area (TPSA) is 50.2 Å². The van der Waals surface area contributed by atoms with Crippen LogP contribution in [-0.4, -0.2) is 28.8 Å². The number of aromatic nitrogens is 2. The van der Waals surface area contributed by atoms with Gasteiger partial charge in [0.15, 0.2) is 5.69 Å². The van der Waals surface area contributed by atoms with Crippen molar-refractivity contribution in [3.8, 4) is 5.69 Å². The number of nitrogens with zero attached hydrogens (tertiary/aromatic N) is 3. The van der Waals surface area contributed by atoms with E-state index in [2.05, 4.69) is 15.3 Å². The van der Waals surface area contributed by atoms with Crippen molar-refractivity contribution < 1.29 is 4.79 Å². The third-order valence-electron chi connectivity index (χ3n) is 4.81. The van der Waals surface area contributed by atoms with E-state index >= 15 is 0 Å². The van der Waals surface area contributed by atoms with Gasteiger partial charge in [-0.3, -0.25) is 4.79 Å². The molecule has 4 rings (SSSR count). The molecule has 1 fully saturated rings. The average Bonchev–Trinajstić information content (AvgIpc) is 3.31. The predicted octanol–water partition coefficient (Wildman–Crippen LogP) is 5.34. The fourth-order valence-electron chi connectivity index (χ4n) is 3.51. The van der Waals surface area contributed by atoms with Gasteiger partial charge >= 0.3 is 0 Å². The van der Waals surface area contributed by atoms with Crippen molar-refractivity contribution in [2.45, 2.75) is 19.8 Å². The van der Waals surface area contributed by atoms with Crippen molar-refractivity contribution in [3.63, 3.8) is 0 Å². The molecule has 2 aromatic carbocycles. The second-order valence-electron chi connectivity index (χ2n) is 6.88. The highest BCUT2D eigenvalue weighted by Crippen LogP contribution is 2.29. The molecule has 7 heteroatoms. The minimum atomic E-state index is -0.248. The number of nitrogens with one attached hydrogen (secondary N) is 1. The van der Waals surface area contributed by atoms with Crippen LogP contribution < -0.4 is 10.2 Å². The van der Waals surface area contributed by atoms with Crippen molar-refractivity contribution in [3.05, 3.63) is 70.0 Å². The summed E-state index contributed by atoms with van der Waals surface area (Å²) in [5, 5.41) is 8.50. The van der Waals surface area contributed by atoms with Crippen molar-refractivity contribution >= 4 is 40.5 Å². The van der Waals surface area contributed by atoms with Crippen LogP contribution in [0.4, 0.5) is 11.4 Å². The lowest BCUT2D eigenvalue weighted by atomic mass is 10.2. The molecule has 1 saturated heterocycles. The molecule has 3 aromatic rings. The number of carbonyl (C=O) groups is 1. The number of amides is 1. The number of rotatable bonds is 4. The SMILES string of the molecule is Cc1cc(C(=O)Nc2ccccc2N2CCCC2)nn1-c1cc(Cl)cc(Cl)c1. The van der Waals surface area contributed by atoms with Crippen LogP contribution in [0.2, 0.25) is 10.0 Å². The zero-order chi connectivity index (χ0) is 19.7. The molecule has 1 amide bonds. The van der Waals surface area contributed by atoms with Crippen molar-refractivity contribution in [2.75, 3.05) is 23.3 Å². The van der Waals surface area contributed by atoms with Crippen LogP contribution >= 0.6 is 23.2 Å². The molecule has 0 aliphatic carbocycles. The Bertz CT molecular complexity index is 1000. The van der Waals surface area contributed by atoms with E-state index in [4.69, 9.17) is 23.2 Å². The lowest BCUT2D eigenvalue weighted by Crippen LogP contribution is -2.21. The molecule has 1 aliphatic heterocycles. The van der Waals surface area contributed by atoms with Crippen LogP contribution in [0.25, 0.3) is 5.69 Å². The Kier molecular flexibility index (Phi) is 5.29. The van der Waals surface area contributed by atoms with Crippen LogP contribution in [0.15, 0.2) is 48.5 Å². The normalized spacial score (nSPS) is 13.8. The Morgan fingerprint density at radius 3 is 2.43 bits per heavy atom. The number of hydrogen-bond acceptors (Lipinski definition) is 3. The highest BCUT2D eigenvalue weighted by atomic mass is 35.5. The monoisotopic (exact) mass is 414 g/mol. The summed E-state index contributed by atoms with van der Waals surface area (Å²) in [6, 6.07) is 14.8. The molecule has 1 N–H and O–H groups in total. The summed E-state index contributed by atoms with van der Waals surface area (Å²) >= 11 is 12.2. The van der Waals surface area contributed by atoms with Gasteiger partial charge < -0.3 is 10.2 Å². The van der Waals surface area contributed by atoms with E-state index in [-0.39, 0.29) is 5.91 Å². The van der Waals surface area contributed by atoms with Crippen molar-refractivity contribution in [2.24, 2.45) is 0 Å². The molecule has 0 unspecified atom stereocenters. The quantitative estimate of drug-likeness (QED) is 0.626. The van der Waals surface area contributed by atoms with Gasteiger partial charge in [-0.05, 0) is 56.2 Å². The average molecular weight is 415 g/mol. The zero-order valence-electron chi connectivity index (χ0n) is 15.5. The molecule has 1 aliphatic rings. The second kappa shape index (κ2) is 7.86. The van der Waals surface area contributed by atoms with E-state index in [9.17, 15) is 4.79 Å². The Balaban J connectivity index is 1.60. The summed E-state index contributed by atoms with van der Waals surface area (Å²) in [7, 11) is 0. The Labute approximate surface area is 173 Å². The smallest absolute Gasteiger partial charge is 0.276 e. The zero-order valence-corrected chi connectivity index (χ0v) is 17.0. The fourth-order valence-corrected chi connectivity index (χ4v) is 4.02. The van der Waals surface area contributed by atoms with Crippen LogP contribution in [0.1, 0.15) is 29.0 Å². The second-order valence-corrected chi connectivity index (χ2v) is 7.75. The van der Waals surface area contributed by atoms with Crippen LogP contribution in [0.5, 0.6) is 0 Å². The first-order valence-electron chi connectivity index (χ1n) is 9.20. The number of benzene rings is 2. The molecule has 28 heavy (non-hydrogen) atoms. The summed E-state index contributed by atoms with van der Waals surface area (Å²) in [6.07, 6.45) is 2.35.